The summed E-state index contributed by atoms with van der Waals surface area (Å²) in [7, 11) is -4.00. The Morgan fingerprint density at radius 1 is 1.40 bits per heavy atom. The van der Waals surface area contributed by atoms with E-state index in [9.17, 15) is 13.2 Å². The fraction of sp³-hybridized carbons (Fsp3) is 0.100. The number of carbonyl (C=O) groups excluding carboxylic acids is 1. The van der Waals surface area contributed by atoms with E-state index in [1.54, 1.807) is 0 Å². The molecule has 9 nitrogen and oxygen atoms in total. The first-order chi connectivity index (χ1) is 9.29. The molecule has 0 aliphatic carbocycles. The van der Waals surface area contributed by atoms with Gasteiger partial charge in [0.1, 0.15) is 4.90 Å². The number of benzene rings is 1. The SMILES string of the molecule is Cc1noc(NS(=O)(=O)c2ccc(C(N)=O)cc2N)n1. The van der Waals surface area contributed by atoms with E-state index in [-0.39, 0.29) is 28.0 Å². The van der Waals surface area contributed by atoms with Crippen LogP contribution < -0.4 is 16.2 Å². The van der Waals surface area contributed by atoms with Crippen LogP contribution in [0.5, 0.6) is 0 Å². The molecule has 0 saturated heterocycles. The molecule has 2 aromatic rings. The van der Waals surface area contributed by atoms with E-state index < -0.39 is 15.9 Å². The molecule has 0 bridgehead atoms. The summed E-state index contributed by atoms with van der Waals surface area (Å²) < 4.78 is 30.9. The molecule has 1 heterocycles. The number of nitrogens with two attached hydrogens (primary N) is 2. The van der Waals surface area contributed by atoms with Gasteiger partial charge in [0.25, 0.3) is 10.0 Å². The molecule has 10 heteroatoms. The van der Waals surface area contributed by atoms with Gasteiger partial charge in [-0.25, -0.2) is 13.1 Å². The highest BCUT2D eigenvalue weighted by atomic mass is 32.2. The third kappa shape index (κ3) is 2.69. The molecule has 1 amide bonds. The fourth-order valence-corrected chi connectivity index (χ4v) is 2.49. The molecule has 0 atom stereocenters. The quantitative estimate of drug-likeness (QED) is 0.663. The third-order valence-corrected chi connectivity index (χ3v) is 3.73. The number of nitrogen functional groups attached to an aromatic ring is 1. The lowest BCUT2D eigenvalue weighted by Crippen LogP contribution is -2.17. The van der Waals surface area contributed by atoms with Crippen molar-refractivity contribution < 1.29 is 17.7 Å². The fourth-order valence-electron chi connectivity index (χ4n) is 1.45. The molecule has 5 N–H and O–H groups in total. The van der Waals surface area contributed by atoms with Gasteiger partial charge in [0.2, 0.25) is 5.91 Å². The van der Waals surface area contributed by atoms with E-state index in [0.717, 1.165) is 0 Å². The lowest BCUT2D eigenvalue weighted by Gasteiger charge is -2.07. The normalized spacial score (nSPS) is 11.2. The maximum atomic E-state index is 12.1. The summed E-state index contributed by atoms with van der Waals surface area (Å²) in [5.41, 5.74) is 10.7. The smallest absolute Gasteiger partial charge is 0.335 e. The van der Waals surface area contributed by atoms with Crippen LogP contribution in [0, 0.1) is 6.92 Å². The van der Waals surface area contributed by atoms with Crippen molar-refractivity contribution in [2.75, 3.05) is 10.5 Å². The predicted molar refractivity (Wildman–Crippen MR) is 69.2 cm³/mol. The van der Waals surface area contributed by atoms with Gasteiger partial charge in [-0.15, -0.1) is 0 Å². The minimum Gasteiger partial charge on any atom is -0.398 e. The molecule has 0 aliphatic heterocycles. The molecule has 0 spiro atoms. The van der Waals surface area contributed by atoms with Crippen molar-refractivity contribution in [3.8, 4) is 0 Å². The number of primary amides is 1. The molecule has 0 radical (unpaired) electrons. The summed E-state index contributed by atoms with van der Waals surface area (Å²) in [6, 6.07) is 3.32. The maximum absolute atomic E-state index is 12.1. The Bertz CT molecular complexity index is 768. The summed E-state index contributed by atoms with van der Waals surface area (Å²) in [6.07, 6.45) is 0. The van der Waals surface area contributed by atoms with Crippen molar-refractivity contribution in [2.24, 2.45) is 5.73 Å². The second kappa shape index (κ2) is 4.81. The Morgan fingerprint density at radius 2 is 2.10 bits per heavy atom. The van der Waals surface area contributed by atoms with Crippen LogP contribution in [0.3, 0.4) is 0 Å². The van der Waals surface area contributed by atoms with Gasteiger partial charge in [-0.05, 0) is 25.1 Å². The van der Waals surface area contributed by atoms with E-state index in [0.29, 0.717) is 0 Å². The molecule has 1 aromatic carbocycles. The van der Waals surface area contributed by atoms with Crippen LogP contribution in [0.1, 0.15) is 16.2 Å². The number of nitrogens with one attached hydrogen (secondary N) is 1. The number of amides is 1. The Labute approximate surface area is 114 Å². The number of aromatic nitrogens is 2. The highest BCUT2D eigenvalue weighted by molar-refractivity contribution is 7.92. The van der Waals surface area contributed by atoms with Crippen LogP contribution in [0.2, 0.25) is 0 Å². The first-order valence-corrected chi connectivity index (χ1v) is 6.80. The van der Waals surface area contributed by atoms with Crippen LogP contribution in [0.4, 0.5) is 11.7 Å². The van der Waals surface area contributed by atoms with Gasteiger partial charge in [0.05, 0.1) is 5.69 Å². The molecule has 106 valence electrons. The zero-order chi connectivity index (χ0) is 14.9. The molecule has 0 unspecified atom stereocenters. The van der Waals surface area contributed by atoms with E-state index in [1.807, 2.05) is 0 Å². The first kappa shape index (κ1) is 13.8. The second-order valence-electron chi connectivity index (χ2n) is 3.87. The molecular formula is C10H11N5O4S. The van der Waals surface area contributed by atoms with E-state index in [1.165, 1.54) is 25.1 Å². The summed E-state index contributed by atoms with van der Waals surface area (Å²) >= 11 is 0. The number of aryl methyl sites for hydroxylation is 1. The minimum absolute atomic E-state index is 0.107. The minimum atomic E-state index is -4.00. The van der Waals surface area contributed by atoms with Gasteiger partial charge in [0, 0.05) is 5.56 Å². The molecule has 2 rings (SSSR count). The average Bonchev–Trinajstić information content (AvgIpc) is 2.73. The highest BCUT2D eigenvalue weighted by Gasteiger charge is 2.21. The van der Waals surface area contributed by atoms with Gasteiger partial charge in [0.15, 0.2) is 5.82 Å². The molecule has 20 heavy (non-hydrogen) atoms. The van der Waals surface area contributed by atoms with Gasteiger partial charge in [-0.2, -0.15) is 4.98 Å². The summed E-state index contributed by atoms with van der Waals surface area (Å²) in [5, 5.41) is 3.45. The van der Waals surface area contributed by atoms with Crippen LogP contribution in [-0.4, -0.2) is 24.5 Å². The number of carbonyl (C=O) groups is 1. The van der Waals surface area contributed by atoms with Crippen molar-refractivity contribution in [1.82, 2.24) is 10.1 Å². The number of nitrogens with zero attached hydrogens (tertiary/aromatic N) is 2. The number of hydrogen-bond acceptors (Lipinski definition) is 7. The van der Waals surface area contributed by atoms with Crippen molar-refractivity contribution in [3.05, 3.63) is 29.6 Å². The topological polar surface area (TPSA) is 154 Å². The lowest BCUT2D eigenvalue weighted by atomic mass is 10.2. The molecule has 1 aromatic heterocycles. The molecule has 0 aliphatic rings. The first-order valence-electron chi connectivity index (χ1n) is 5.32. The van der Waals surface area contributed by atoms with Crippen LogP contribution in [-0.2, 0) is 10.0 Å². The van der Waals surface area contributed by atoms with Gasteiger partial charge in [-0.1, -0.05) is 5.16 Å². The van der Waals surface area contributed by atoms with E-state index in [2.05, 4.69) is 19.4 Å². The van der Waals surface area contributed by atoms with Crippen LogP contribution >= 0.6 is 0 Å². The Hall–Kier alpha value is -2.62. The number of sulfonamides is 1. The third-order valence-electron chi connectivity index (χ3n) is 2.33. The molecule has 0 fully saturated rings. The monoisotopic (exact) mass is 297 g/mol. The zero-order valence-corrected chi connectivity index (χ0v) is 11.1. The van der Waals surface area contributed by atoms with Crippen molar-refractivity contribution >= 4 is 27.6 Å². The summed E-state index contributed by atoms with van der Waals surface area (Å²) in [4.78, 5) is 14.5. The van der Waals surface area contributed by atoms with Crippen molar-refractivity contribution in [2.45, 2.75) is 11.8 Å². The van der Waals surface area contributed by atoms with E-state index >= 15 is 0 Å². The predicted octanol–water partition coefficient (Wildman–Crippen LogP) is -0.140. The Balaban J connectivity index is 2.37. The van der Waals surface area contributed by atoms with Crippen LogP contribution in [0.15, 0.2) is 27.6 Å². The standard InChI is InChI=1S/C10H11N5O4S/c1-5-13-10(19-14-5)15-20(17,18)8-3-2-6(9(12)16)4-7(8)11/h2-4H,11H2,1H3,(H2,12,16)(H,13,14,15). The Morgan fingerprint density at radius 3 is 2.60 bits per heavy atom. The van der Waals surface area contributed by atoms with Crippen molar-refractivity contribution in [1.29, 1.82) is 0 Å². The average molecular weight is 297 g/mol. The number of anilines is 2. The largest absolute Gasteiger partial charge is 0.398 e. The van der Waals surface area contributed by atoms with Gasteiger partial charge >= 0.3 is 6.01 Å². The Kier molecular flexibility index (Phi) is 3.32. The van der Waals surface area contributed by atoms with Crippen molar-refractivity contribution in [3.63, 3.8) is 0 Å². The molecule has 0 saturated carbocycles. The zero-order valence-electron chi connectivity index (χ0n) is 10.3. The number of rotatable bonds is 4. The van der Waals surface area contributed by atoms with Crippen LogP contribution in [0.25, 0.3) is 0 Å². The number of hydrogen-bond donors (Lipinski definition) is 3. The molecular weight excluding hydrogens is 286 g/mol. The summed E-state index contributed by atoms with van der Waals surface area (Å²) in [6.45, 7) is 1.54. The second-order valence-corrected chi connectivity index (χ2v) is 5.52. The van der Waals surface area contributed by atoms with E-state index in [4.69, 9.17) is 11.5 Å². The maximum Gasteiger partial charge on any atom is 0.335 e. The van der Waals surface area contributed by atoms with Gasteiger partial charge < -0.3 is 16.0 Å². The lowest BCUT2D eigenvalue weighted by molar-refractivity contribution is 0.1000. The van der Waals surface area contributed by atoms with Gasteiger partial charge in [-0.3, -0.25) is 4.79 Å². The highest BCUT2D eigenvalue weighted by Crippen LogP contribution is 2.22. The summed E-state index contributed by atoms with van der Waals surface area (Å²) in [5.74, 6) is -0.430.